The number of hydroxylamine groups is 1. The van der Waals surface area contributed by atoms with Crippen LogP contribution in [-0.4, -0.2) is 13.7 Å². The average molecular weight is 285 g/mol. The fourth-order valence-electron chi connectivity index (χ4n) is 2.07. The molecule has 0 saturated carbocycles. The lowest BCUT2D eigenvalue weighted by Crippen LogP contribution is -2.24. The van der Waals surface area contributed by atoms with Crippen LogP contribution in [0, 0.1) is 5.92 Å². The predicted molar refractivity (Wildman–Crippen MR) is 85.2 cm³/mol. The minimum absolute atomic E-state index is 0.0101. The first-order chi connectivity index (χ1) is 10.2. The van der Waals surface area contributed by atoms with Crippen LogP contribution < -0.4 is 10.2 Å². The molecule has 1 unspecified atom stereocenters. The largest absolute Gasteiger partial charge is 0.497 e. The van der Waals surface area contributed by atoms with E-state index in [1.54, 1.807) is 7.11 Å². The fraction of sp³-hybridized carbons (Fsp3) is 0.333. The molecule has 2 aromatic rings. The van der Waals surface area contributed by atoms with Crippen molar-refractivity contribution in [1.82, 2.24) is 5.48 Å². The summed E-state index contributed by atoms with van der Waals surface area (Å²) in [6, 6.07) is 18.3. The number of benzene rings is 2. The molecule has 1 N–H and O–H groups in total. The normalized spacial score (nSPS) is 12.4. The smallest absolute Gasteiger partial charge is 0.118 e. The monoisotopic (exact) mass is 285 g/mol. The summed E-state index contributed by atoms with van der Waals surface area (Å²) in [5, 5.41) is 0. The Hall–Kier alpha value is -1.84. The molecule has 0 aromatic heterocycles. The van der Waals surface area contributed by atoms with E-state index in [-0.39, 0.29) is 6.04 Å². The Morgan fingerprint density at radius 3 is 2.10 bits per heavy atom. The summed E-state index contributed by atoms with van der Waals surface area (Å²) in [5.41, 5.74) is 5.50. The summed E-state index contributed by atoms with van der Waals surface area (Å²) in [5.74, 6) is 1.35. The third-order valence-corrected chi connectivity index (χ3v) is 3.20. The molecule has 0 aliphatic rings. The van der Waals surface area contributed by atoms with E-state index in [0.29, 0.717) is 12.5 Å². The van der Waals surface area contributed by atoms with Gasteiger partial charge in [0, 0.05) is 0 Å². The molecular weight excluding hydrogens is 262 g/mol. The van der Waals surface area contributed by atoms with Gasteiger partial charge in [-0.25, -0.2) is 0 Å². The van der Waals surface area contributed by atoms with Gasteiger partial charge in [0.15, 0.2) is 0 Å². The third kappa shape index (κ3) is 4.59. The second kappa shape index (κ2) is 7.81. The Kier molecular flexibility index (Phi) is 5.78. The molecule has 112 valence electrons. The van der Waals surface area contributed by atoms with Crippen LogP contribution in [0.15, 0.2) is 54.6 Å². The third-order valence-electron chi connectivity index (χ3n) is 3.20. The number of hydrogen-bond donors (Lipinski definition) is 1. The first-order valence-corrected chi connectivity index (χ1v) is 7.27. The highest BCUT2D eigenvalue weighted by Crippen LogP contribution is 2.24. The molecule has 2 rings (SSSR count). The van der Waals surface area contributed by atoms with Gasteiger partial charge in [0.05, 0.1) is 19.8 Å². The lowest BCUT2D eigenvalue weighted by atomic mass is 9.99. The molecule has 0 bridgehead atoms. The number of methoxy groups -OCH3 is 1. The van der Waals surface area contributed by atoms with Crippen LogP contribution in [0.4, 0.5) is 0 Å². The lowest BCUT2D eigenvalue weighted by Gasteiger charge is -2.20. The van der Waals surface area contributed by atoms with Gasteiger partial charge in [0.2, 0.25) is 0 Å². The van der Waals surface area contributed by atoms with E-state index in [0.717, 1.165) is 11.3 Å². The zero-order valence-corrected chi connectivity index (χ0v) is 12.9. The molecule has 0 aliphatic carbocycles. The second-order valence-corrected chi connectivity index (χ2v) is 5.44. The van der Waals surface area contributed by atoms with Crippen LogP contribution in [0.25, 0.3) is 0 Å². The highest BCUT2D eigenvalue weighted by Gasteiger charge is 2.14. The van der Waals surface area contributed by atoms with Gasteiger partial charge in [0.1, 0.15) is 5.75 Å². The van der Waals surface area contributed by atoms with Crippen molar-refractivity contribution in [3.05, 3.63) is 65.7 Å². The fourth-order valence-corrected chi connectivity index (χ4v) is 2.07. The maximum Gasteiger partial charge on any atom is 0.118 e. The maximum atomic E-state index is 5.64. The predicted octanol–water partition coefficient (Wildman–Crippen LogP) is 3.96. The van der Waals surface area contributed by atoms with E-state index >= 15 is 0 Å². The lowest BCUT2D eigenvalue weighted by molar-refractivity contribution is 0.00838. The molecule has 0 spiro atoms. The van der Waals surface area contributed by atoms with E-state index in [4.69, 9.17) is 9.57 Å². The van der Waals surface area contributed by atoms with Gasteiger partial charge in [0.25, 0.3) is 0 Å². The summed E-state index contributed by atoms with van der Waals surface area (Å²) in [6.07, 6.45) is 0. The minimum Gasteiger partial charge on any atom is -0.497 e. The Balaban J connectivity index is 2.18. The molecule has 3 heteroatoms. The van der Waals surface area contributed by atoms with Crippen LogP contribution in [0.5, 0.6) is 5.75 Å². The first kappa shape index (κ1) is 15.5. The standard InChI is InChI=1S/C18H23NO2/c1-14(2)13-21-19-18(15-7-5-4-6-8-15)16-9-11-17(20-3)12-10-16/h4-12,14,18-19H,13H2,1-3H3. The molecule has 3 nitrogen and oxygen atoms in total. The topological polar surface area (TPSA) is 30.5 Å². The Bertz CT molecular complexity index is 523. The van der Waals surface area contributed by atoms with Gasteiger partial charge in [-0.2, -0.15) is 5.48 Å². The van der Waals surface area contributed by atoms with Gasteiger partial charge in [-0.15, -0.1) is 0 Å². The Morgan fingerprint density at radius 1 is 0.905 bits per heavy atom. The van der Waals surface area contributed by atoms with Gasteiger partial charge in [-0.05, 0) is 29.2 Å². The average Bonchev–Trinajstić information content (AvgIpc) is 2.52. The van der Waals surface area contributed by atoms with Crippen molar-refractivity contribution >= 4 is 0 Å². The number of nitrogens with one attached hydrogen (secondary N) is 1. The summed E-state index contributed by atoms with van der Waals surface area (Å²) in [7, 11) is 1.67. The highest BCUT2D eigenvalue weighted by molar-refractivity contribution is 5.35. The first-order valence-electron chi connectivity index (χ1n) is 7.27. The van der Waals surface area contributed by atoms with Crippen LogP contribution in [0.3, 0.4) is 0 Å². The summed E-state index contributed by atoms with van der Waals surface area (Å²) < 4.78 is 5.22. The second-order valence-electron chi connectivity index (χ2n) is 5.44. The number of hydrogen-bond acceptors (Lipinski definition) is 3. The molecule has 0 heterocycles. The maximum absolute atomic E-state index is 5.64. The number of ether oxygens (including phenoxy) is 1. The van der Waals surface area contributed by atoms with Gasteiger partial charge < -0.3 is 9.57 Å². The zero-order chi connectivity index (χ0) is 15.1. The van der Waals surface area contributed by atoms with Crippen molar-refractivity contribution < 1.29 is 9.57 Å². The van der Waals surface area contributed by atoms with Crippen molar-refractivity contribution in [3.8, 4) is 5.75 Å². The molecule has 0 aliphatic heterocycles. The van der Waals surface area contributed by atoms with Crippen LogP contribution in [-0.2, 0) is 4.84 Å². The van der Waals surface area contributed by atoms with E-state index in [1.807, 2.05) is 30.3 Å². The van der Waals surface area contributed by atoms with Crippen molar-refractivity contribution in [3.63, 3.8) is 0 Å². The summed E-state index contributed by atoms with van der Waals surface area (Å²) in [6.45, 7) is 4.94. The minimum atomic E-state index is 0.0101. The van der Waals surface area contributed by atoms with E-state index in [2.05, 4.69) is 43.6 Å². The van der Waals surface area contributed by atoms with Crippen molar-refractivity contribution in [2.45, 2.75) is 19.9 Å². The zero-order valence-electron chi connectivity index (χ0n) is 12.9. The Labute approximate surface area is 126 Å². The van der Waals surface area contributed by atoms with E-state index in [9.17, 15) is 0 Å². The van der Waals surface area contributed by atoms with Crippen LogP contribution in [0.2, 0.25) is 0 Å². The quantitative estimate of drug-likeness (QED) is 0.781. The van der Waals surface area contributed by atoms with Gasteiger partial charge in [-0.3, -0.25) is 0 Å². The van der Waals surface area contributed by atoms with E-state index < -0.39 is 0 Å². The molecule has 0 radical (unpaired) electrons. The molecule has 0 amide bonds. The molecule has 0 fully saturated rings. The van der Waals surface area contributed by atoms with Crippen molar-refractivity contribution in [2.24, 2.45) is 5.92 Å². The molecule has 21 heavy (non-hydrogen) atoms. The SMILES string of the molecule is COc1ccc(C(NOCC(C)C)c2ccccc2)cc1. The number of rotatable bonds is 7. The van der Waals surface area contributed by atoms with Crippen LogP contribution in [0.1, 0.15) is 31.0 Å². The molecule has 1 atom stereocenters. The van der Waals surface area contributed by atoms with Gasteiger partial charge in [-0.1, -0.05) is 56.3 Å². The van der Waals surface area contributed by atoms with Gasteiger partial charge >= 0.3 is 0 Å². The molecule has 2 aromatic carbocycles. The summed E-state index contributed by atoms with van der Waals surface area (Å²) in [4.78, 5) is 5.64. The van der Waals surface area contributed by atoms with Crippen LogP contribution >= 0.6 is 0 Å². The highest BCUT2D eigenvalue weighted by atomic mass is 16.6. The van der Waals surface area contributed by atoms with Crippen molar-refractivity contribution in [1.29, 1.82) is 0 Å². The summed E-state index contributed by atoms with van der Waals surface area (Å²) >= 11 is 0. The van der Waals surface area contributed by atoms with Crippen molar-refractivity contribution in [2.75, 3.05) is 13.7 Å². The van der Waals surface area contributed by atoms with E-state index in [1.165, 1.54) is 5.56 Å². The Morgan fingerprint density at radius 2 is 1.52 bits per heavy atom. The molecular formula is C18H23NO2. The molecule has 0 saturated heterocycles.